The van der Waals surface area contributed by atoms with E-state index in [4.69, 9.17) is 4.74 Å². The van der Waals surface area contributed by atoms with Crippen LogP contribution in [0.4, 0.5) is 5.69 Å². The van der Waals surface area contributed by atoms with Gasteiger partial charge in [-0.15, -0.1) is 0 Å². The Balaban J connectivity index is 1.41. The predicted molar refractivity (Wildman–Crippen MR) is 166 cm³/mol. The number of benzene rings is 2. The van der Waals surface area contributed by atoms with Crippen molar-refractivity contribution < 1.29 is 14.3 Å². The molecule has 1 saturated heterocycles. The molecule has 1 unspecified atom stereocenters. The van der Waals surface area contributed by atoms with Gasteiger partial charge in [-0.2, -0.15) is 0 Å². The molecule has 5 rings (SSSR count). The summed E-state index contributed by atoms with van der Waals surface area (Å²) < 4.78 is 5.49. The number of hydrogen-bond acceptors (Lipinski definition) is 5. The van der Waals surface area contributed by atoms with Gasteiger partial charge in [0.1, 0.15) is 0 Å². The molecular weight excluding hydrogens is 510 g/mol. The van der Waals surface area contributed by atoms with E-state index in [1.165, 1.54) is 37.7 Å². The third-order valence-electron chi connectivity index (χ3n) is 9.11. The number of rotatable bonds is 8. The summed E-state index contributed by atoms with van der Waals surface area (Å²) in [5.41, 5.74) is 8.16. The molecule has 41 heavy (non-hydrogen) atoms. The number of nitrogens with zero attached hydrogens (tertiary/aromatic N) is 2. The SMILES string of the molecule is CC1=CC(=O)C(CNC(=O)c2cc(-c3ccc(CN4CCOCC4)cc3)cc(N(C)C3CCCCC3)c2C)C(C)=C1. The second-order valence-corrected chi connectivity index (χ2v) is 12.1. The Morgan fingerprint density at radius 1 is 0.976 bits per heavy atom. The van der Waals surface area contributed by atoms with Crippen molar-refractivity contribution >= 4 is 17.4 Å². The number of carbonyl (C=O) groups is 2. The molecule has 6 nitrogen and oxygen atoms in total. The van der Waals surface area contributed by atoms with E-state index in [2.05, 4.69) is 59.4 Å². The van der Waals surface area contributed by atoms with Crippen LogP contribution in [0.25, 0.3) is 11.1 Å². The number of allylic oxidation sites excluding steroid dienone is 3. The van der Waals surface area contributed by atoms with Gasteiger partial charge in [0.2, 0.25) is 0 Å². The molecule has 6 heteroatoms. The molecule has 0 aromatic heterocycles. The molecule has 1 atom stereocenters. The van der Waals surface area contributed by atoms with E-state index in [1.54, 1.807) is 6.08 Å². The average molecular weight is 556 g/mol. The van der Waals surface area contributed by atoms with Gasteiger partial charge in [0.15, 0.2) is 5.78 Å². The molecule has 218 valence electrons. The molecule has 0 radical (unpaired) electrons. The largest absolute Gasteiger partial charge is 0.379 e. The van der Waals surface area contributed by atoms with Crippen LogP contribution in [0.3, 0.4) is 0 Å². The second-order valence-electron chi connectivity index (χ2n) is 12.1. The highest BCUT2D eigenvalue weighted by atomic mass is 16.5. The third-order valence-corrected chi connectivity index (χ3v) is 9.11. The predicted octanol–water partition coefficient (Wildman–Crippen LogP) is 6.08. The Kier molecular flexibility index (Phi) is 9.41. The van der Waals surface area contributed by atoms with E-state index in [0.29, 0.717) is 18.2 Å². The van der Waals surface area contributed by atoms with Crippen LogP contribution >= 0.6 is 0 Å². The molecule has 3 aliphatic rings. The topological polar surface area (TPSA) is 61.9 Å². The molecule has 2 aromatic rings. The minimum atomic E-state index is -0.311. The molecular formula is C35H45N3O3. The Morgan fingerprint density at radius 2 is 1.68 bits per heavy atom. The van der Waals surface area contributed by atoms with E-state index in [0.717, 1.165) is 66.4 Å². The van der Waals surface area contributed by atoms with E-state index in [1.807, 2.05) is 26.0 Å². The maximum atomic E-state index is 13.7. The molecule has 0 spiro atoms. The fraction of sp³-hybridized carbons (Fsp3) is 0.486. The summed E-state index contributed by atoms with van der Waals surface area (Å²) in [5.74, 6) is -0.379. The molecule has 2 aliphatic carbocycles. The van der Waals surface area contributed by atoms with Crippen LogP contribution in [0.5, 0.6) is 0 Å². The van der Waals surface area contributed by atoms with Crippen LogP contribution < -0.4 is 10.2 Å². The second kappa shape index (κ2) is 13.2. The first-order chi connectivity index (χ1) is 19.8. The van der Waals surface area contributed by atoms with Gasteiger partial charge >= 0.3 is 0 Å². The van der Waals surface area contributed by atoms with Gasteiger partial charge in [0.25, 0.3) is 5.91 Å². The highest BCUT2D eigenvalue weighted by Gasteiger charge is 2.26. The van der Waals surface area contributed by atoms with Gasteiger partial charge in [0.05, 0.1) is 19.1 Å². The summed E-state index contributed by atoms with van der Waals surface area (Å²) in [6.07, 6.45) is 9.88. The van der Waals surface area contributed by atoms with E-state index >= 15 is 0 Å². The minimum Gasteiger partial charge on any atom is -0.379 e. The van der Waals surface area contributed by atoms with E-state index < -0.39 is 0 Å². The van der Waals surface area contributed by atoms with Crippen molar-refractivity contribution in [1.29, 1.82) is 0 Å². The quantitative estimate of drug-likeness (QED) is 0.428. The van der Waals surface area contributed by atoms with Crippen molar-refractivity contribution in [2.24, 2.45) is 5.92 Å². The van der Waals surface area contributed by atoms with Crippen molar-refractivity contribution in [2.75, 3.05) is 44.8 Å². The first kappa shape index (κ1) is 29.3. The lowest BCUT2D eigenvalue weighted by molar-refractivity contribution is -0.117. The molecule has 2 fully saturated rings. The van der Waals surface area contributed by atoms with Crippen LogP contribution in [0.15, 0.2) is 59.7 Å². The molecule has 1 heterocycles. The highest BCUT2D eigenvalue weighted by Crippen LogP contribution is 2.34. The molecule has 0 bridgehead atoms. The minimum absolute atomic E-state index is 0.0585. The first-order valence-corrected chi connectivity index (χ1v) is 15.3. The van der Waals surface area contributed by atoms with Crippen molar-refractivity contribution in [3.8, 4) is 11.1 Å². The zero-order valence-electron chi connectivity index (χ0n) is 25.2. The van der Waals surface area contributed by atoms with Crippen LogP contribution in [-0.4, -0.2) is 62.5 Å². The monoisotopic (exact) mass is 555 g/mol. The Bertz CT molecular complexity index is 1310. The van der Waals surface area contributed by atoms with Crippen molar-refractivity contribution in [1.82, 2.24) is 10.2 Å². The van der Waals surface area contributed by atoms with E-state index in [-0.39, 0.29) is 17.6 Å². The smallest absolute Gasteiger partial charge is 0.251 e. The number of carbonyl (C=O) groups excluding carboxylic acids is 2. The first-order valence-electron chi connectivity index (χ1n) is 15.3. The van der Waals surface area contributed by atoms with Gasteiger partial charge in [-0.1, -0.05) is 55.2 Å². The number of amides is 1. The Labute approximate surface area is 245 Å². The summed E-state index contributed by atoms with van der Waals surface area (Å²) in [7, 11) is 2.18. The van der Waals surface area contributed by atoms with Crippen LogP contribution in [0.2, 0.25) is 0 Å². The lowest BCUT2D eigenvalue weighted by Gasteiger charge is -2.34. The maximum Gasteiger partial charge on any atom is 0.251 e. The summed E-state index contributed by atoms with van der Waals surface area (Å²) >= 11 is 0. The lowest BCUT2D eigenvalue weighted by atomic mass is 9.88. The van der Waals surface area contributed by atoms with Crippen molar-refractivity contribution in [3.05, 3.63) is 76.4 Å². The molecule has 1 amide bonds. The standard InChI is InChI=1S/C35H45N3O3/c1-24-18-25(2)32(34(39)19-24)22-36-35(40)31-20-29(21-33(26(31)3)37(4)30-8-6-5-7-9-30)28-12-10-27(11-13-28)23-38-14-16-41-17-15-38/h10-13,18-21,30,32H,5-9,14-17,22-23H2,1-4H3,(H,36,40). The molecule has 1 saturated carbocycles. The van der Waals surface area contributed by atoms with E-state index in [9.17, 15) is 9.59 Å². The van der Waals surface area contributed by atoms with Gasteiger partial charge in [-0.25, -0.2) is 0 Å². The molecule has 1 aliphatic heterocycles. The van der Waals surface area contributed by atoms with Crippen LogP contribution in [0, 0.1) is 12.8 Å². The molecule has 1 N–H and O–H groups in total. The fourth-order valence-corrected chi connectivity index (χ4v) is 6.56. The van der Waals surface area contributed by atoms with Crippen LogP contribution in [-0.2, 0) is 16.1 Å². The number of ether oxygens (including phenoxy) is 1. The van der Waals surface area contributed by atoms with Crippen molar-refractivity contribution in [3.63, 3.8) is 0 Å². The Hall–Kier alpha value is -3.22. The zero-order chi connectivity index (χ0) is 28.9. The summed E-state index contributed by atoms with van der Waals surface area (Å²) in [6.45, 7) is 10.7. The van der Waals surface area contributed by atoms with Gasteiger partial charge in [0, 0.05) is 50.5 Å². The molecule has 2 aromatic carbocycles. The highest BCUT2D eigenvalue weighted by molar-refractivity contribution is 6.00. The number of hydrogen-bond donors (Lipinski definition) is 1. The fourth-order valence-electron chi connectivity index (χ4n) is 6.56. The number of ketones is 1. The number of morpholine rings is 1. The zero-order valence-corrected chi connectivity index (χ0v) is 25.2. The van der Waals surface area contributed by atoms with Crippen molar-refractivity contribution in [2.45, 2.75) is 65.5 Å². The summed E-state index contributed by atoms with van der Waals surface area (Å²) in [5, 5.41) is 3.10. The van der Waals surface area contributed by atoms with Gasteiger partial charge in [-0.3, -0.25) is 14.5 Å². The summed E-state index contributed by atoms with van der Waals surface area (Å²) in [6, 6.07) is 13.5. The van der Waals surface area contributed by atoms with Gasteiger partial charge in [-0.05, 0) is 79.6 Å². The number of anilines is 1. The summed E-state index contributed by atoms with van der Waals surface area (Å²) in [4.78, 5) is 31.2. The van der Waals surface area contributed by atoms with Crippen LogP contribution in [0.1, 0.15) is 67.4 Å². The third kappa shape index (κ3) is 6.99. The lowest BCUT2D eigenvalue weighted by Crippen LogP contribution is -2.36. The maximum absolute atomic E-state index is 13.7. The Morgan fingerprint density at radius 3 is 2.37 bits per heavy atom. The number of nitrogens with one attached hydrogen (secondary N) is 1. The van der Waals surface area contributed by atoms with Gasteiger partial charge < -0.3 is 15.0 Å². The normalized spacial score (nSPS) is 20.4. The average Bonchev–Trinajstić information content (AvgIpc) is 2.97.